The maximum atomic E-state index is 11.1. The molecule has 0 radical (unpaired) electrons. The highest BCUT2D eigenvalue weighted by Crippen LogP contribution is 2.41. The van der Waals surface area contributed by atoms with Gasteiger partial charge in [-0.3, -0.25) is 0 Å². The van der Waals surface area contributed by atoms with Gasteiger partial charge in [-0.05, 0) is 42.3 Å². The Hall–Kier alpha value is -2.23. The van der Waals surface area contributed by atoms with Crippen molar-refractivity contribution in [1.29, 1.82) is 0 Å². The van der Waals surface area contributed by atoms with Gasteiger partial charge in [0.15, 0.2) is 0 Å². The smallest absolute Gasteiger partial charge is 0.409 e. The highest BCUT2D eigenvalue weighted by molar-refractivity contribution is 7.99. The first kappa shape index (κ1) is 23.9. The summed E-state index contributed by atoms with van der Waals surface area (Å²) in [6, 6.07) is 10.9. The minimum absolute atomic E-state index is 0.170. The molecule has 2 N–H and O–H groups in total. The van der Waals surface area contributed by atoms with Crippen LogP contribution in [0.15, 0.2) is 60.0 Å². The number of aryl methyl sites for hydroxylation is 1. The van der Waals surface area contributed by atoms with E-state index in [4.69, 9.17) is 43.1 Å². The van der Waals surface area contributed by atoms with Crippen molar-refractivity contribution < 1.29 is 19.0 Å². The molecule has 2 unspecified atom stereocenters. The predicted molar refractivity (Wildman–Crippen MR) is 128 cm³/mol. The number of nitrogens with zero attached hydrogens (tertiary/aromatic N) is 2. The summed E-state index contributed by atoms with van der Waals surface area (Å²) in [5.41, 5.74) is 6.77. The molecule has 1 aliphatic heterocycles. The Morgan fingerprint density at radius 3 is 2.88 bits per heavy atom. The fraction of sp³-hybridized carbons (Fsp3) is 0.304. The van der Waals surface area contributed by atoms with Gasteiger partial charge in [0, 0.05) is 33.6 Å². The molecule has 0 bridgehead atoms. The zero-order chi connectivity index (χ0) is 23.4. The molecule has 1 fully saturated rings. The van der Waals surface area contributed by atoms with E-state index in [9.17, 15) is 4.79 Å². The molecule has 2 heterocycles. The fourth-order valence-corrected chi connectivity index (χ4v) is 5.18. The second-order valence-electron chi connectivity index (χ2n) is 7.52. The number of primary amides is 1. The maximum Gasteiger partial charge on any atom is 0.409 e. The maximum absolute atomic E-state index is 11.1. The molecule has 1 aliphatic rings. The summed E-state index contributed by atoms with van der Waals surface area (Å²) in [6.45, 7) is 2.80. The number of carbonyl (C=O) groups excluding carboxylic acids is 1. The van der Waals surface area contributed by atoms with E-state index in [1.54, 1.807) is 42.5 Å². The van der Waals surface area contributed by atoms with Crippen LogP contribution in [-0.4, -0.2) is 34.1 Å². The van der Waals surface area contributed by atoms with Crippen molar-refractivity contribution >= 4 is 41.1 Å². The number of hydrogen-bond acceptors (Lipinski definition) is 6. The van der Waals surface area contributed by atoms with Crippen molar-refractivity contribution in [2.45, 2.75) is 36.7 Å². The average Bonchev–Trinajstić information content (AvgIpc) is 3.43. The van der Waals surface area contributed by atoms with Crippen LogP contribution in [0.1, 0.15) is 18.1 Å². The van der Waals surface area contributed by atoms with Crippen molar-refractivity contribution in [3.05, 3.63) is 76.3 Å². The van der Waals surface area contributed by atoms with E-state index in [0.717, 1.165) is 16.0 Å². The molecule has 2 atom stereocenters. The van der Waals surface area contributed by atoms with E-state index < -0.39 is 11.9 Å². The van der Waals surface area contributed by atoms with E-state index >= 15 is 0 Å². The summed E-state index contributed by atoms with van der Waals surface area (Å²) in [5, 5.41) is 1.02. The molecule has 10 heteroatoms. The summed E-state index contributed by atoms with van der Waals surface area (Å²) in [7, 11) is 0. The molecule has 174 valence electrons. The molecule has 0 spiro atoms. The van der Waals surface area contributed by atoms with Gasteiger partial charge in [0.2, 0.25) is 5.79 Å². The van der Waals surface area contributed by atoms with Gasteiger partial charge in [-0.15, -0.1) is 11.8 Å². The lowest BCUT2D eigenvalue weighted by Crippen LogP contribution is -2.34. The fourth-order valence-electron chi connectivity index (χ4n) is 3.69. The Balaban J connectivity index is 1.50. The molecule has 7 nitrogen and oxygen atoms in total. The SMILES string of the molecule is CCc1cc(SCC2COC(Cn3ccnc3)(c3ccc(Cl)cc3Cl)O2)ccc1OC(N)=O. The third kappa shape index (κ3) is 5.65. The highest BCUT2D eigenvalue weighted by atomic mass is 35.5. The Labute approximate surface area is 206 Å². The van der Waals surface area contributed by atoms with Crippen LogP contribution in [-0.2, 0) is 28.2 Å². The molecular formula is C23H23Cl2N3O4S. The molecule has 0 aliphatic carbocycles. The summed E-state index contributed by atoms with van der Waals surface area (Å²) in [4.78, 5) is 16.2. The molecule has 1 saturated heterocycles. The molecule has 3 aromatic rings. The van der Waals surface area contributed by atoms with Crippen LogP contribution < -0.4 is 10.5 Å². The Bertz CT molecular complexity index is 1130. The Kier molecular flexibility index (Phi) is 7.51. The number of halogens is 2. The first-order valence-electron chi connectivity index (χ1n) is 10.3. The minimum atomic E-state index is -1.05. The summed E-state index contributed by atoms with van der Waals surface area (Å²) >= 11 is 14.3. The van der Waals surface area contributed by atoms with Crippen LogP contribution in [0.25, 0.3) is 0 Å². The summed E-state index contributed by atoms with van der Waals surface area (Å²) < 4.78 is 19.7. The molecule has 1 amide bonds. The van der Waals surface area contributed by atoms with Crippen molar-refractivity contribution in [2.24, 2.45) is 5.73 Å². The zero-order valence-electron chi connectivity index (χ0n) is 17.9. The largest absolute Gasteiger partial charge is 0.410 e. The van der Waals surface area contributed by atoms with Gasteiger partial charge in [-0.1, -0.05) is 36.2 Å². The average molecular weight is 508 g/mol. The van der Waals surface area contributed by atoms with Crippen LogP contribution >= 0.6 is 35.0 Å². The van der Waals surface area contributed by atoms with E-state index in [-0.39, 0.29) is 6.10 Å². The zero-order valence-corrected chi connectivity index (χ0v) is 20.2. The Morgan fingerprint density at radius 2 is 2.18 bits per heavy atom. The number of nitrogens with two attached hydrogens (primary N) is 1. The van der Waals surface area contributed by atoms with Crippen molar-refractivity contribution in [3.8, 4) is 5.75 Å². The van der Waals surface area contributed by atoms with Crippen LogP contribution in [0.5, 0.6) is 5.75 Å². The van der Waals surface area contributed by atoms with Gasteiger partial charge in [-0.2, -0.15) is 0 Å². The van der Waals surface area contributed by atoms with Crippen LogP contribution in [0.4, 0.5) is 4.79 Å². The number of rotatable bonds is 8. The van der Waals surface area contributed by atoms with Crippen LogP contribution in [0.3, 0.4) is 0 Å². The van der Waals surface area contributed by atoms with Gasteiger partial charge < -0.3 is 24.5 Å². The van der Waals surface area contributed by atoms with E-state index in [1.807, 2.05) is 35.9 Å². The molecule has 4 rings (SSSR count). The van der Waals surface area contributed by atoms with Gasteiger partial charge in [0.05, 0.1) is 30.6 Å². The second-order valence-corrected chi connectivity index (χ2v) is 9.46. The highest BCUT2D eigenvalue weighted by Gasteiger charge is 2.45. The molecule has 2 aromatic carbocycles. The number of carbonyl (C=O) groups is 1. The van der Waals surface area contributed by atoms with Gasteiger partial charge >= 0.3 is 6.09 Å². The van der Waals surface area contributed by atoms with Crippen molar-refractivity contribution in [1.82, 2.24) is 9.55 Å². The van der Waals surface area contributed by atoms with Gasteiger partial charge in [-0.25, -0.2) is 9.78 Å². The van der Waals surface area contributed by atoms with Crippen LogP contribution in [0, 0.1) is 0 Å². The lowest BCUT2D eigenvalue weighted by molar-refractivity contribution is -0.184. The van der Waals surface area contributed by atoms with Crippen molar-refractivity contribution in [2.75, 3.05) is 12.4 Å². The first-order chi connectivity index (χ1) is 15.9. The van der Waals surface area contributed by atoms with Gasteiger partial charge in [0.1, 0.15) is 5.75 Å². The standard InChI is InChI=1S/C23H23Cl2N3O4S/c1-2-15-9-18(4-6-21(15)31-22(26)29)33-12-17-11-30-23(32-17,13-28-8-7-27-14-28)19-5-3-16(24)10-20(19)25/h3-10,14,17H,2,11-13H2,1H3,(H2,26,29). The second kappa shape index (κ2) is 10.4. The number of amides is 1. The van der Waals surface area contributed by atoms with E-state index in [2.05, 4.69) is 4.98 Å². The number of ether oxygens (including phenoxy) is 3. The minimum Gasteiger partial charge on any atom is -0.410 e. The normalized spacial score (nSPS) is 20.2. The summed E-state index contributed by atoms with van der Waals surface area (Å²) in [5.74, 6) is 0.0868. The van der Waals surface area contributed by atoms with E-state index in [0.29, 0.717) is 41.1 Å². The predicted octanol–water partition coefficient (Wildman–Crippen LogP) is 5.27. The molecular weight excluding hydrogens is 485 g/mol. The lowest BCUT2D eigenvalue weighted by atomic mass is 10.1. The number of thioether (sulfide) groups is 1. The van der Waals surface area contributed by atoms with Crippen molar-refractivity contribution in [3.63, 3.8) is 0 Å². The third-order valence-corrected chi connectivity index (χ3v) is 6.88. The lowest BCUT2D eigenvalue weighted by Gasteiger charge is -2.30. The van der Waals surface area contributed by atoms with E-state index in [1.165, 1.54) is 0 Å². The van der Waals surface area contributed by atoms with Gasteiger partial charge in [0.25, 0.3) is 0 Å². The number of hydrogen-bond donors (Lipinski definition) is 1. The number of aromatic nitrogens is 2. The van der Waals surface area contributed by atoms with Crippen LogP contribution in [0.2, 0.25) is 10.0 Å². The molecule has 33 heavy (non-hydrogen) atoms. The number of imidazole rings is 1. The summed E-state index contributed by atoms with van der Waals surface area (Å²) in [6.07, 6.45) is 4.98. The topological polar surface area (TPSA) is 88.6 Å². The first-order valence-corrected chi connectivity index (χ1v) is 12.1. The third-order valence-electron chi connectivity index (χ3n) is 5.21. The molecule has 0 saturated carbocycles. The quantitative estimate of drug-likeness (QED) is 0.417. The number of benzene rings is 2. The Morgan fingerprint density at radius 1 is 1.33 bits per heavy atom. The monoisotopic (exact) mass is 507 g/mol. The molecule has 1 aromatic heterocycles.